The van der Waals surface area contributed by atoms with Crippen LogP contribution in [0.15, 0.2) is 47.5 Å². The van der Waals surface area contributed by atoms with Crippen LogP contribution in [0.3, 0.4) is 0 Å². The highest BCUT2D eigenvalue weighted by molar-refractivity contribution is 5.79. The number of nitrogens with zero attached hydrogens (tertiary/aromatic N) is 1. The molecule has 0 aromatic heterocycles. The molecule has 0 aliphatic carbocycles. The standard InChI is InChI=1S/C22H31N3O3/c1-5-28-19-9-7-6-8-18(19)13-15-25-22(23-2)24-14-12-17-10-11-20(26-3)21(16-17)27-4/h6-11,16H,5,12-15H2,1-4H3,(H2,23,24,25). The van der Waals surface area contributed by atoms with Crippen molar-refractivity contribution in [2.24, 2.45) is 4.99 Å². The number of rotatable bonds is 10. The summed E-state index contributed by atoms with van der Waals surface area (Å²) >= 11 is 0. The molecule has 0 atom stereocenters. The summed E-state index contributed by atoms with van der Waals surface area (Å²) in [7, 11) is 5.07. The van der Waals surface area contributed by atoms with E-state index < -0.39 is 0 Å². The number of hydrogen-bond acceptors (Lipinski definition) is 4. The van der Waals surface area contributed by atoms with Crippen LogP contribution in [0.5, 0.6) is 17.2 Å². The fourth-order valence-electron chi connectivity index (χ4n) is 2.90. The maximum Gasteiger partial charge on any atom is 0.190 e. The van der Waals surface area contributed by atoms with E-state index in [1.807, 2.05) is 43.3 Å². The third kappa shape index (κ3) is 6.37. The third-order valence-corrected chi connectivity index (χ3v) is 4.34. The molecule has 152 valence electrons. The molecule has 0 aliphatic heterocycles. The molecule has 28 heavy (non-hydrogen) atoms. The Morgan fingerprint density at radius 3 is 2.29 bits per heavy atom. The van der Waals surface area contributed by atoms with E-state index >= 15 is 0 Å². The number of nitrogens with one attached hydrogen (secondary N) is 2. The average molecular weight is 386 g/mol. The van der Waals surface area contributed by atoms with Gasteiger partial charge >= 0.3 is 0 Å². The summed E-state index contributed by atoms with van der Waals surface area (Å²) in [5.74, 6) is 3.22. The highest BCUT2D eigenvalue weighted by Crippen LogP contribution is 2.27. The van der Waals surface area contributed by atoms with Crippen LogP contribution in [0.2, 0.25) is 0 Å². The summed E-state index contributed by atoms with van der Waals surface area (Å²) in [6.45, 7) is 4.22. The van der Waals surface area contributed by atoms with Gasteiger partial charge in [0, 0.05) is 20.1 Å². The summed E-state index contributed by atoms with van der Waals surface area (Å²) in [5, 5.41) is 6.70. The number of guanidine groups is 1. The van der Waals surface area contributed by atoms with Gasteiger partial charge < -0.3 is 24.8 Å². The monoisotopic (exact) mass is 385 g/mol. The van der Waals surface area contributed by atoms with Gasteiger partial charge in [-0.2, -0.15) is 0 Å². The van der Waals surface area contributed by atoms with E-state index in [9.17, 15) is 0 Å². The molecule has 0 unspecified atom stereocenters. The first-order chi connectivity index (χ1) is 13.7. The van der Waals surface area contributed by atoms with Gasteiger partial charge in [0.2, 0.25) is 0 Å². The van der Waals surface area contributed by atoms with Crippen LogP contribution in [0.25, 0.3) is 0 Å². The molecule has 6 heteroatoms. The van der Waals surface area contributed by atoms with Crippen molar-refractivity contribution in [1.82, 2.24) is 10.6 Å². The molecular weight excluding hydrogens is 354 g/mol. The van der Waals surface area contributed by atoms with Crippen molar-refractivity contribution >= 4 is 5.96 Å². The van der Waals surface area contributed by atoms with Crippen LogP contribution in [-0.2, 0) is 12.8 Å². The van der Waals surface area contributed by atoms with Crippen molar-refractivity contribution in [3.8, 4) is 17.2 Å². The molecular formula is C22H31N3O3. The minimum absolute atomic E-state index is 0.670. The zero-order valence-corrected chi connectivity index (χ0v) is 17.2. The van der Waals surface area contributed by atoms with Crippen LogP contribution in [0, 0.1) is 0 Å². The molecule has 2 N–H and O–H groups in total. The molecule has 0 aliphatic rings. The lowest BCUT2D eigenvalue weighted by Crippen LogP contribution is -2.39. The zero-order valence-electron chi connectivity index (χ0n) is 17.2. The summed E-state index contributed by atoms with van der Waals surface area (Å²) in [4.78, 5) is 4.29. The van der Waals surface area contributed by atoms with Gasteiger partial charge in [0.25, 0.3) is 0 Å². The van der Waals surface area contributed by atoms with E-state index in [1.165, 1.54) is 11.1 Å². The highest BCUT2D eigenvalue weighted by Gasteiger charge is 2.06. The van der Waals surface area contributed by atoms with Gasteiger partial charge in [0.05, 0.1) is 20.8 Å². The van der Waals surface area contributed by atoms with Crippen molar-refractivity contribution in [2.75, 3.05) is 41.0 Å². The second-order valence-electron chi connectivity index (χ2n) is 6.16. The Kier molecular flexibility index (Phi) is 8.98. The van der Waals surface area contributed by atoms with Crippen LogP contribution in [0.4, 0.5) is 0 Å². The minimum atomic E-state index is 0.670. The lowest BCUT2D eigenvalue weighted by Gasteiger charge is -2.14. The molecule has 0 radical (unpaired) electrons. The number of benzene rings is 2. The highest BCUT2D eigenvalue weighted by atomic mass is 16.5. The lowest BCUT2D eigenvalue weighted by atomic mass is 10.1. The molecule has 0 amide bonds. The normalized spacial score (nSPS) is 11.1. The van der Waals surface area contributed by atoms with Crippen LogP contribution >= 0.6 is 0 Å². The summed E-state index contributed by atoms with van der Waals surface area (Å²) in [6.07, 6.45) is 1.72. The van der Waals surface area contributed by atoms with Crippen molar-refractivity contribution in [2.45, 2.75) is 19.8 Å². The minimum Gasteiger partial charge on any atom is -0.494 e. The first kappa shape index (κ1) is 21.4. The van der Waals surface area contributed by atoms with Gasteiger partial charge in [0.15, 0.2) is 17.5 Å². The Labute approximate surface area is 167 Å². The third-order valence-electron chi connectivity index (χ3n) is 4.34. The predicted molar refractivity (Wildman–Crippen MR) is 114 cm³/mol. The van der Waals surface area contributed by atoms with Crippen LogP contribution in [0.1, 0.15) is 18.1 Å². The number of methoxy groups -OCH3 is 2. The molecule has 2 rings (SSSR count). The van der Waals surface area contributed by atoms with Gasteiger partial charge in [-0.1, -0.05) is 24.3 Å². The maximum atomic E-state index is 5.68. The zero-order chi connectivity index (χ0) is 20.2. The van der Waals surface area contributed by atoms with Crippen LogP contribution < -0.4 is 24.8 Å². The van der Waals surface area contributed by atoms with Gasteiger partial charge in [-0.15, -0.1) is 0 Å². The first-order valence-corrected chi connectivity index (χ1v) is 9.58. The van der Waals surface area contributed by atoms with Gasteiger partial charge in [0.1, 0.15) is 5.75 Å². The molecule has 0 spiro atoms. The Hall–Kier alpha value is -2.89. The number of ether oxygens (including phenoxy) is 3. The van der Waals surface area contributed by atoms with E-state index in [0.29, 0.717) is 6.61 Å². The SMILES string of the molecule is CCOc1ccccc1CCNC(=NC)NCCc1ccc(OC)c(OC)c1. The molecule has 6 nitrogen and oxygen atoms in total. The molecule has 0 heterocycles. The Balaban J connectivity index is 1.79. The van der Waals surface area contributed by atoms with Crippen molar-refractivity contribution in [3.63, 3.8) is 0 Å². The molecule has 0 bridgehead atoms. The molecule has 2 aromatic carbocycles. The summed E-state index contributed by atoms with van der Waals surface area (Å²) < 4.78 is 16.3. The van der Waals surface area contributed by atoms with Crippen molar-refractivity contribution in [1.29, 1.82) is 0 Å². The molecule has 0 saturated carbocycles. The van der Waals surface area contributed by atoms with E-state index in [1.54, 1.807) is 21.3 Å². The first-order valence-electron chi connectivity index (χ1n) is 9.58. The number of aliphatic imine (C=N–C) groups is 1. The number of para-hydroxylation sites is 1. The Morgan fingerprint density at radius 1 is 0.893 bits per heavy atom. The van der Waals surface area contributed by atoms with E-state index in [4.69, 9.17) is 14.2 Å². The second kappa shape index (κ2) is 11.7. The van der Waals surface area contributed by atoms with E-state index in [0.717, 1.165) is 49.1 Å². The average Bonchev–Trinajstić information content (AvgIpc) is 2.73. The maximum absolute atomic E-state index is 5.68. The Bertz CT molecular complexity index is 762. The topological polar surface area (TPSA) is 64.1 Å². The lowest BCUT2D eigenvalue weighted by molar-refractivity contribution is 0.336. The second-order valence-corrected chi connectivity index (χ2v) is 6.16. The van der Waals surface area contributed by atoms with Gasteiger partial charge in [-0.05, 0) is 49.1 Å². The van der Waals surface area contributed by atoms with Crippen LogP contribution in [-0.4, -0.2) is 46.9 Å². The van der Waals surface area contributed by atoms with Gasteiger partial charge in [-0.3, -0.25) is 4.99 Å². The summed E-state index contributed by atoms with van der Waals surface area (Å²) in [6, 6.07) is 14.1. The fraction of sp³-hybridized carbons (Fsp3) is 0.409. The largest absolute Gasteiger partial charge is 0.494 e. The van der Waals surface area contributed by atoms with Crippen molar-refractivity contribution in [3.05, 3.63) is 53.6 Å². The molecule has 0 saturated heterocycles. The predicted octanol–water partition coefficient (Wildman–Crippen LogP) is 3.05. The molecule has 0 fully saturated rings. The smallest absolute Gasteiger partial charge is 0.190 e. The quantitative estimate of drug-likeness (QED) is 0.486. The molecule has 2 aromatic rings. The van der Waals surface area contributed by atoms with E-state index in [-0.39, 0.29) is 0 Å². The fourth-order valence-corrected chi connectivity index (χ4v) is 2.90. The Morgan fingerprint density at radius 2 is 1.61 bits per heavy atom. The van der Waals surface area contributed by atoms with Gasteiger partial charge in [-0.25, -0.2) is 0 Å². The summed E-state index contributed by atoms with van der Waals surface area (Å²) in [5.41, 5.74) is 2.36. The van der Waals surface area contributed by atoms with E-state index in [2.05, 4.69) is 21.7 Å². The van der Waals surface area contributed by atoms with Crippen molar-refractivity contribution < 1.29 is 14.2 Å². The number of hydrogen-bond donors (Lipinski definition) is 2.